The summed E-state index contributed by atoms with van der Waals surface area (Å²) in [5.74, 6) is 0.735. The van der Waals surface area contributed by atoms with E-state index in [9.17, 15) is 8.42 Å². The lowest BCUT2D eigenvalue weighted by atomic mass is 10.2. The molecule has 0 saturated carbocycles. The third kappa shape index (κ3) is 3.14. The van der Waals surface area contributed by atoms with Crippen molar-refractivity contribution in [3.05, 3.63) is 30.7 Å². The van der Waals surface area contributed by atoms with Crippen LogP contribution in [0.25, 0.3) is 0 Å². The van der Waals surface area contributed by atoms with Crippen molar-refractivity contribution in [1.82, 2.24) is 28.7 Å². The molecule has 0 radical (unpaired) electrons. The number of sulfonamides is 1. The number of hydrogen-bond donors (Lipinski definition) is 1. The largest absolute Gasteiger partial charge is 0.337 e. The molecule has 1 N–H and O–H groups in total. The van der Waals surface area contributed by atoms with Crippen LogP contribution in [0.2, 0.25) is 0 Å². The number of hydrogen-bond acceptors (Lipinski definition) is 5. The van der Waals surface area contributed by atoms with Gasteiger partial charge in [-0.2, -0.15) is 4.31 Å². The van der Waals surface area contributed by atoms with Gasteiger partial charge in [0, 0.05) is 45.6 Å². The first-order valence-electron chi connectivity index (χ1n) is 7.25. The van der Waals surface area contributed by atoms with Gasteiger partial charge in [-0.05, 0) is 6.92 Å². The maximum Gasteiger partial charge on any atom is 0.261 e. The van der Waals surface area contributed by atoms with Crippen LogP contribution in [-0.4, -0.2) is 51.5 Å². The maximum absolute atomic E-state index is 13.0. The van der Waals surface area contributed by atoms with Crippen LogP contribution in [0, 0.1) is 0 Å². The summed E-state index contributed by atoms with van der Waals surface area (Å²) in [4.78, 5) is 8.30. The van der Waals surface area contributed by atoms with E-state index in [1.54, 1.807) is 17.1 Å². The summed E-state index contributed by atoms with van der Waals surface area (Å²) in [6.45, 7) is 4.04. The van der Waals surface area contributed by atoms with Gasteiger partial charge in [-0.15, -0.1) is 12.4 Å². The van der Waals surface area contributed by atoms with Gasteiger partial charge in [-0.25, -0.2) is 18.4 Å². The first-order chi connectivity index (χ1) is 10.6. The van der Waals surface area contributed by atoms with Crippen molar-refractivity contribution in [1.29, 1.82) is 0 Å². The van der Waals surface area contributed by atoms with Crippen LogP contribution in [0.4, 0.5) is 0 Å². The molecular weight excluding hydrogens is 340 g/mol. The number of imidazole rings is 2. The second kappa shape index (κ2) is 7.00. The van der Waals surface area contributed by atoms with E-state index in [4.69, 9.17) is 0 Å². The molecule has 1 fully saturated rings. The van der Waals surface area contributed by atoms with E-state index in [1.807, 2.05) is 24.7 Å². The van der Waals surface area contributed by atoms with Crippen LogP contribution in [0.1, 0.15) is 18.8 Å². The summed E-state index contributed by atoms with van der Waals surface area (Å²) in [5.41, 5.74) is 0. The zero-order valence-corrected chi connectivity index (χ0v) is 14.7. The fraction of sp³-hybridized carbons (Fsp3) is 0.538. The molecule has 128 valence electrons. The Hall–Kier alpha value is -1.42. The number of nitrogens with one attached hydrogen (secondary N) is 1. The van der Waals surface area contributed by atoms with Crippen LogP contribution in [-0.2, 0) is 23.6 Å². The van der Waals surface area contributed by atoms with E-state index in [-0.39, 0.29) is 23.5 Å². The molecule has 3 rings (SSSR count). The second-order valence-electron chi connectivity index (χ2n) is 5.25. The lowest BCUT2D eigenvalue weighted by molar-refractivity contribution is 0.257. The number of nitrogens with zero attached hydrogens (tertiary/aromatic N) is 5. The molecule has 0 aliphatic carbocycles. The molecule has 1 aliphatic heterocycles. The molecule has 0 bridgehead atoms. The Morgan fingerprint density at radius 1 is 1.43 bits per heavy atom. The van der Waals surface area contributed by atoms with Gasteiger partial charge in [-0.3, -0.25) is 0 Å². The highest BCUT2D eigenvalue weighted by Crippen LogP contribution is 2.27. The van der Waals surface area contributed by atoms with Gasteiger partial charge in [0.15, 0.2) is 5.03 Å². The van der Waals surface area contributed by atoms with Gasteiger partial charge >= 0.3 is 0 Å². The highest BCUT2D eigenvalue weighted by atomic mass is 35.5. The van der Waals surface area contributed by atoms with Gasteiger partial charge in [0.2, 0.25) is 0 Å². The topological polar surface area (TPSA) is 85.1 Å². The van der Waals surface area contributed by atoms with Crippen LogP contribution in [0.5, 0.6) is 0 Å². The van der Waals surface area contributed by atoms with E-state index in [1.165, 1.54) is 10.5 Å². The van der Waals surface area contributed by atoms with Crippen LogP contribution >= 0.6 is 12.4 Å². The fourth-order valence-electron chi connectivity index (χ4n) is 2.77. The van der Waals surface area contributed by atoms with E-state index in [0.29, 0.717) is 26.2 Å². The molecule has 23 heavy (non-hydrogen) atoms. The van der Waals surface area contributed by atoms with E-state index < -0.39 is 10.0 Å². The van der Waals surface area contributed by atoms with Crippen LogP contribution in [0.3, 0.4) is 0 Å². The van der Waals surface area contributed by atoms with Crippen molar-refractivity contribution < 1.29 is 8.42 Å². The maximum atomic E-state index is 13.0. The summed E-state index contributed by atoms with van der Waals surface area (Å²) in [5, 5.41) is 3.48. The van der Waals surface area contributed by atoms with Crippen molar-refractivity contribution in [2.75, 3.05) is 19.6 Å². The zero-order chi connectivity index (χ0) is 15.7. The molecule has 0 aromatic carbocycles. The Morgan fingerprint density at radius 3 is 2.87 bits per heavy atom. The predicted octanol–water partition coefficient (Wildman–Crippen LogP) is 0.394. The van der Waals surface area contributed by atoms with Gasteiger partial charge in [0.05, 0.1) is 18.6 Å². The molecule has 1 aliphatic rings. The standard InChI is InChI=1S/C13H20N6O2S.ClH/c1-3-18-10-15-9-12(18)22(20,21)19-7-4-14-8-11(19)13-16-5-6-17(13)2;/h5-6,9-11,14H,3-4,7-8H2,1-2H3;1H. The Bertz CT molecular complexity index is 756. The summed E-state index contributed by atoms with van der Waals surface area (Å²) < 4.78 is 31.1. The average Bonchev–Trinajstić information content (AvgIpc) is 3.15. The molecule has 1 unspecified atom stereocenters. The average molecular weight is 361 g/mol. The molecular formula is C13H21ClN6O2S. The van der Waals surface area contributed by atoms with Crippen molar-refractivity contribution in [2.24, 2.45) is 7.05 Å². The first kappa shape index (κ1) is 17.9. The predicted molar refractivity (Wildman–Crippen MR) is 87.9 cm³/mol. The summed E-state index contributed by atoms with van der Waals surface area (Å²) in [6, 6.07) is -0.320. The number of halogens is 1. The summed E-state index contributed by atoms with van der Waals surface area (Å²) in [7, 11) is -1.74. The van der Waals surface area contributed by atoms with E-state index >= 15 is 0 Å². The van der Waals surface area contributed by atoms with Gasteiger partial charge < -0.3 is 14.5 Å². The summed E-state index contributed by atoms with van der Waals surface area (Å²) in [6.07, 6.45) is 6.47. The lowest BCUT2D eigenvalue weighted by Gasteiger charge is -2.34. The van der Waals surface area contributed by atoms with Crippen molar-refractivity contribution in [2.45, 2.75) is 24.5 Å². The van der Waals surface area contributed by atoms with Crippen LogP contribution < -0.4 is 5.32 Å². The van der Waals surface area contributed by atoms with E-state index in [0.717, 1.165) is 5.82 Å². The van der Waals surface area contributed by atoms with Gasteiger partial charge in [0.1, 0.15) is 5.82 Å². The minimum absolute atomic E-state index is 0. The second-order valence-corrected chi connectivity index (χ2v) is 7.09. The quantitative estimate of drug-likeness (QED) is 0.852. The lowest BCUT2D eigenvalue weighted by Crippen LogP contribution is -2.49. The molecule has 1 saturated heterocycles. The van der Waals surface area contributed by atoms with Gasteiger partial charge in [0.25, 0.3) is 10.0 Å². The highest BCUT2D eigenvalue weighted by Gasteiger charge is 2.37. The SMILES string of the molecule is CCn1cncc1S(=O)(=O)N1CCNCC1c1nccn1C.Cl. The van der Waals surface area contributed by atoms with Crippen molar-refractivity contribution in [3.8, 4) is 0 Å². The summed E-state index contributed by atoms with van der Waals surface area (Å²) >= 11 is 0. The number of aryl methyl sites for hydroxylation is 2. The van der Waals surface area contributed by atoms with E-state index in [2.05, 4.69) is 15.3 Å². The molecule has 8 nitrogen and oxygen atoms in total. The minimum Gasteiger partial charge on any atom is -0.337 e. The van der Waals surface area contributed by atoms with Crippen LogP contribution in [0.15, 0.2) is 29.9 Å². The normalized spacial score (nSPS) is 19.5. The third-order valence-electron chi connectivity index (χ3n) is 3.94. The third-order valence-corrected chi connectivity index (χ3v) is 5.86. The first-order valence-corrected chi connectivity index (χ1v) is 8.69. The zero-order valence-electron chi connectivity index (χ0n) is 13.1. The molecule has 2 aromatic rings. The smallest absolute Gasteiger partial charge is 0.261 e. The fourth-order valence-corrected chi connectivity index (χ4v) is 4.52. The molecule has 1 atom stereocenters. The number of piperazine rings is 1. The molecule has 0 amide bonds. The molecule has 2 aromatic heterocycles. The molecule has 0 spiro atoms. The Morgan fingerprint density at radius 2 is 2.22 bits per heavy atom. The monoisotopic (exact) mass is 360 g/mol. The Balaban J connectivity index is 0.00000192. The van der Waals surface area contributed by atoms with Crippen molar-refractivity contribution >= 4 is 22.4 Å². The molecule has 10 heteroatoms. The van der Waals surface area contributed by atoms with Gasteiger partial charge in [-0.1, -0.05) is 0 Å². The minimum atomic E-state index is -3.61. The highest BCUT2D eigenvalue weighted by molar-refractivity contribution is 7.89. The Labute approximate surface area is 142 Å². The number of rotatable bonds is 4. The molecule has 3 heterocycles. The number of aromatic nitrogens is 4. The Kier molecular flexibility index (Phi) is 5.45. The van der Waals surface area contributed by atoms with Crippen molar-refractivity contribution in [3.63, 3.8) is 0 Å².